The summed E-state index contributed by atoms with van der Waals surface area (Å²) in [4.78, 5) is 21.3. The van der Waals surface area contributed by atoms with Gasteiger partial charge in [0.25, 0.3) is 5.91 Å². The summed E-state index contributed by atoms with van der Waals surface area (Å²) < 4.78 is 38.4. The second-order valence-corrected chi connectivity index (χ2v) is 7.88. The number of pyridine rings is 1. The molecule has 0 radical (unpaired) electrons. The summed E-state index contributed by atoms with van der Waals surface area (Å²) in [5.41, 5.74) is -0.0716. The fraction of sp³-hybridized carbons (Fsp3) is 0.200. The number of halogens is 3. The van der Waals surface area contributed by atoms with Crippen molar-refractivity contribution in [2.45, 2.75) is 6.18 Å². The maximum Gasteiger partial charge on any atom is 0.417 e. The first-order valence-electron chi connectivity index (χ1n) is 10.4. The number of rotatable bonds is 2. The van der Waals surface area contributed by atoms with E-state index in [0.29, 0.717) is 37.6 Å². The standard InChI is InChI=1S/C25H20F3N3O/c26-25(27,28)19-9-10-22(29-16-19)30-11-13-31(14-12-30)24(32)23-20-7-3-1-5-17(20)15-18-6-2-4-8-21(18)23/h1-10,15-16H,11-14H2. The molecule has 0 saturated carbocycles. The molecule has 1 fully saturated rings. The van der Waals surface area contributed by atoms with Gasteiger partial charge in [-0.15, -0.1) is 0 Å². The van der Waals surface area contributed by atoms with Crippen LogP contribution < -0.4 is 4.90 Å². The molecule has 1 aliphatic heterocycles. The number of alkyl halides is 3. The van der Waals surface area contributed by atoms with E-state index >= 15 is 0 Å². The maximum atomic E-state index is 13.6. The van der Waals surface area contributed by atoms with Gasteiger partial charge < -0.3 is 9.80 Å². The first-order valence-corrected chi connectivity index (χ1v) is 10.4. The van der Waals surface area contributed by atoms with E-state index in [-0.39, 0.29) is 5.91 Å². The van der Waals surface area contributed by atoms with Crippen molar-refractivity contribution in [2.24, 2.45) is 0 Å². The van der Waals surface area contributed by atoms with Crippen LogP contribution in [0.4, 0.5) is 19.0 Å². The predicted octanol–water partition coefficient (Wildman–Crippen LogP) is 5.37. The molecule has 4 nitrogen and oxygen atoms in total. The summed E-state index contributed by atoms with van der Waals surface area (Å²) in [7, 11) is 0. The highest BCUT2D eigenvalue weighted by Crippen LogP contribution is 2.31. The molecule has 162 valence electrons. The second kappa shape index (κ2) is 7.82. The first kappa shape index (κ1) is 20.3. The molecule has 1 aliphatic rings. The number of piperazine rings is 1. The van der Waals surface area contributed by atoms with Crippen LogP contribution in [0.15, 0.2) is 72.9 Å². The van der Waals surface area contributed by atoms with Crippen LogP contribution in [-0.2, 0) is 6.18 Å². The number of aromatic nitrogens is 1. The molecule has 0 aliphatic carbocycles. The third kappa shape index (κ3) is 3.64. The van der Waals surface area contributed by atoms with Gasteiger partial charge in [0.1, 0.15) is 5.82 Å². The van der Waals surface area contributed by atoms with E-state index in [1.54, 1.807) is 0 Å². The zero-order valence-corrected chi connectivity index (χ0v) is 17.1. The number of carbonyl (C=O) groups is 1. The lowest BCUT2D eigenvalue weighted by Crippen LogP contribution is -2.49. The number of hydrogen-bond donors (Lipinski definition) is 0. The van der Waals surface area contributed by atoms with Gasteiger partial charge in [-0.2, -0.15) is 13.2 Å². The third-order valence-corrected chi connectivity index (χ3v) is 5.95. The van der Waals surface area contributed by atoms with Crippen molar-refractivity contribution in [1.82, 2.24) is 9.88 Å². The van der Waals surface area contributed by atoms with E-state index in [0.717, 1.165) is 33.8 Å². The van der Waals surface area contributed by atoms with Crippen LogP contribution in [0.3, 0.4) is 0 Å². The molecule has 0 bridgehead atoms. The Kier molecular flexibility index (Phi) is 4.96. The highest BCUT2D eigenvalue weighted by atomic mass is 19.4. The zero-order chi connectivity index (χ0) is 22.3. The summed E-state index contributed by atoms with van der Waals surface area (Å²) in [5, 5.41) is 3.87. The summed E-state index contributed by atoms with van der Waals surface area (Å²) in [6.07, 6.45) is -3.55. The zero-order valence-electron chi connectivity index (χ0n) is 17.1. The van der Waals surface area contributed by atoms with Gasteiger partial charge in [0.05, 0.1) is 11.1 Å². The molecule has 5 rings (SSSR count). The van der Waals surface area contributed by atoms with Crippen LogP contribution in [0, 0.1) is 0 Å². The van der Waals surface area contributed by atoms with Crippen molar-refractivity contribution in [3.05, 3.63) is 84.1 Å². The summed E-state index contributed by atoms with van der Waals surface area (Å²) in [5.74, 6) is 0.457. The fourth-order valence-corrected chi connectivity index (χ4v) is 4.28. The van der Waals surface area contributed by atoms with Gasteiger partial charge in [-0.25, -0.2) is 4.98 Å². The maximum absolute atomic E-state index is 13.6. The second-order valence-electron chi connectivity index (χ2n) is 7.88. The Morgan fingerprint density at radius 3 is 1.94 bits per heavy atom. The molecule has 0 N–H and O–H groups in total. The Morgan fingerprint density at radius 1 is 0.812 bits per heavy atom. The molecular formula is C25H20F3N3O. The van der Waals surface area contributed by atoms with Gasteiger partial charge in [0.15, 0.2) is 0 Å². The molecule has 3 aromatic carbocycles. The number of carbonyl (C=O) groups excluding carboxylic acids is 1. The summed E-state index contributed by atoms with van der Waals surface area (Å²) in [6.45, 7) is 1.96. The highest BCUT2D eigenvalue weighted by Gasteiger charge is 2.31. The molecule has 7 heteroatoms. The lowest BCUT2D eigenvalue weighted by Gasteiger charge is -2.35. The van der Waals surface area contributed by atoms with Crippen LogP contribution in [0.1, 0.15) is 15.9 Å². The fourth-order valence-electron chi connectivity index (χ4n) is 4.28. The highest BCUT2D eigenvalue weighted by molar-refractivity contribution is 6.18. The van der Waals surface area contributed by atoms with E-state index in [1.807, 2.05) is 58.3 Å². The molecule has 0 unspecified atom stereocenters. The topological polar surface area (TPSA) is 36.4 Å². The average Bonchev–Trinajstić information content (AvgIpc) is 2.82. The first-order chi connectivity index (χ1) is 15.4. The predicted molar refractivity (Wildman–Crippen MR) is 119 cm³/mol. The van der Waals surface area contributed by atoms with Crippen LogP contribution in [-0.4, -0.2) is 42.0 Å². The number of anilines is 1. The number of amides is 1. The van der Waals surface area contributed by atoms with E-state index in [9.17, 15) is 18.0 Å². The Labute approximate surface area is 182 Å². The lowest BCUT2D eigenvalue weighted by atomic mass is 9.95. The molecule has 1 aromatic heterocycles. The molecular weight excluding hydrogens is 415 g/mol. The Balaban J connectivity index is 1.40. The monoisotopic (exact) mass is 435 g/mol. The number of nitrogens with zero attached hydrogens (tertiary/aromatic N) is 3. The minimum Gasteiger partial charge on any atom is -0.353 e. The van der Waals surface area contributed by atoms with Crippen molar-refractivity contribution in [1.29, 1.82) is 0 Å². The molecule has 4 aromatic rings. The van der Waals surface area contributed by atoms with Gasteiger partial charge in [-0.05, 0) is 39.7 Å². The van der Waals surface area contributed by atoms with Crippen LogP contribution >= 0.6 is 0 Å². The van der Waals surface area contributed by atoms with Gasteiger partial charge in [-0.1, -0.05) is 48.5 Å². The minimum absolute atomic E-state index is 0.0296. The Morgan fingerprint density at radius 2 is 1.41 bits per heavy atom. The quantitative estimate of drug-likeness (QED) is 0.397. The smallest absolute Gasteiger partial charge is 0.353 e. The third-order valence-electron chi connectivity index (χ3n) is 5.95. The largest absolute Gasteiger partial charge is 0.417 e. The Hall–Kier alpha value is -3.61. The van der Waals surface area contributed by atoms with E-state index in [1.165, 1.54) is 6.07 Å². The summed E-state index contributed by atoms with van der Waals surface area (Å²) >= 11 is 0. The SMILES string of the molecule is O=C(c1c2ccccc2cc2ccccc12)N1CCN(c2ccc(C(F)(F)F)cn2)CC1. The van der Waals surface area contributed by atoms with Crippen molar-refractivity contribution >= 4 is 33.3 Å². The molecule has 0 atom stereocenters. The van der Waals surface area contributed by atoms with Crippen molar-refractivity contribution in [3.63, 3.8) is 0 Å². The molecule has 1 amide bonds. The van der Waals surface area contributed by atoms with Crippen LogP contribution in [0.2, 0.25) is 0 Å². The van der Waals surface area contributed by atoms with Gasteiger partial charge in [0.2, 0.25) is 0 Å². The van der Waals surface area contributed by atoms with Crippen molar-refractivity contribution in [3.8, 4) is 0 Å². The lowest BCUT2D eigenvalue weighted by molar-refractivity contribution is -0.137. The average molecular weight is 435 g/mol. The Bertz CT molecular complexity index is 1240. The number of hydrogen-bond acceptors (Lipinski definition) is 3. The van der Waals surface area contributed by atoms with E-state index < -0.39 is 11.7 Å². The summed E-state index contributed by atoms with van der Waals surface area (Å²) in [6, 6.07) is 20.3. The van der Waals surface area contributed by atoms with Gasteiger partial charge >= 0.3 is 6.18 Å². The normalized spacial score (nSPS) is 14.8. The minimum atomic E-state index is -4.40. The van der Waals surface area contributed by atoms with Crippen molar-refractivity contribution in [2.75, 3.05) is 31.1 Å². The van der Waals surface area contributed by atoms with Gasteiger partial charge in [-0.3, -0.25) is 4.79 Å². The number of fused-ring (bicyclic) bond motifs is 2. The molecule has 1 saturated heterocycles. The molecule has 2 heterocycles. The number of benzene rings is 3. The van der Waals surface area contributed by atoms with Crippen LogP contribution in [0.5, 0.6) is 0 Å². The van der Waals surface area contributed by atoms with E-state index in [4.69, 9.17) is 0 Å². The van der Waals surface area contributed by atoms with Gasteiger partial charge in [0, 0.05) is 32.4 Å². The van der Waals surface area contributed by atoms with Crippen molar-refractivity contribution < 1.29 is 18.0 Å². The molecule has 32 heavy (non-hydrogen) atoms. The van der Waals surface area contributed by atoms with Crippen LogP contribution in [0.25, 0.3) is 21.5 Å². The molecule has 0 spiro atoms. The van der Waals surface area contributed by atoms with E-state index in [2.05, 4.69) is 11.1 Å².